The molecule has 2 aromatic rings. The summed E-state index contributed by atoms with van der Waals surface area (Å²) in [5.74, 6) is 0. The quantitative estimate of drug-likeness (QED) is 0.736. The zero-order chi connectivity index (χ0) is 11.5. The van der Waals surface area contributed by atoms with Gasteiger partial charge in [-0.1, -0.05) is 29.8 Å². The first-order valence-corrected chi connectivity index (χ1v) is 5.01. The minimum absolute atomic E-state index is 0.152. The minimum atomic E-state index is -0.152. The lowest BCUT2D eigenvalue weighted by Crippen LogP contribution is -2.07. The van der Waals surface area contributed by atoms with Crippen LogP contribution in [0.5, 0.6) is 0 Å². The van der Waals surface area contributed by atoms with Crippen molar-refractivity contribution in [2.24, 2.45) is 0 Å². The maximum absolute atomic E-state index is 10.9. The second kappa shape index (κ2) is 4.14. The molecule has 0 aliphatic carbocycles. The predicted octanol–water partition coefficient (Wildman–Crippen LogP) is 2.10. The first-order valence-electron chi connectivity index (χ1n) is 5.01. The third-order valence-electron chi connectivity index (χ3n) is 2.41. The highest BCUT2D eigenvalue weighted by molar-refractivity contribution is 6.10. The van der Waals surface area contributed by atoms with Gasteiger partial charge in [0.2, 0.25) is 5.56 Å². The van der Waals surface area contributed by atoms with Crippen molar-refractivity contribution in [3.8, 4) is 0 Å². The highest BCUT2D eigenvalue weighted by atomic mass is 16.1. The molecule has 3 nitrogen and oxygen atoms in total. The Morgan fingerprint density at radius 1 is 1.06 bits per heavy atom. The van der Waals surface area contributed by atoms with Crippen molar-refractivity contribution in [2.75, 3.05) is 0 Å². The van der Waals surface area contributed by atoms with Crippen molar-refractivity contribution < 1.29 is 0 Å². The van der Waals surface area contributed by atoms with Gasteiger partial charge in [0.05, 0.1) is 5.71 Å². The molecule has 0 amide bonds. The van der Waals surface area contributed by atoms with Gasteiger partial charge in [0.15, 0.2) is 0 Å². The SMILES string of the molecule is Cc1ccc(C(=N)c2ccc(=O)[nH]c2)cc1. The normalized spacial score (nSPS) is 10.1. The first-order chi connectivity index (χ1) is 7.66. The van der Waals surface area contributed by atoms with E-state index in [2.05, 4.69) is 4.98 Å². The van der Waals surface area contributed by atoms with Crippen LogP contribution in [0, 0.1) is 12.3 Å². The fourth-order valence-electron chi connectivity index (χ4n) is 1.45. The molecule has 0 saturated carbocycles. The number of H-pyrrole nitrogens is 1. The van der Waals surface area contributed by atoms with Crippen molar-refractivity contribution in [1.82, 2.24) is 4.98 Å². The zero-order valence-corrected chi connectivity index (χ0v) is 8.95. The number of aromatic nitrogens is 1. The molecule has 0 atom stereocenters. The van der Waals surface area contributed by atoms with Gasteiger partial charge in [0.25, 0.3) is 0 Å². The molecule has 0 bridgehead atoms. The maximum Gasteiger partial charge on any atom is 0.247 e. The molecule has 1 aromatic heterocycles. The Hall–Kier alpha value is -2.16. The van der Waals surface area contributed by atoms with Crippen molar-refractivity contribution >= 4 is 5.71 Å². The van der Waals surface area contributed by atoms with Crippen LogP contribution in [0.1, 0.15) is 16.7 Å². The number of aryl methyl sites for hydroxylation is 1. The van der Waals surface area contributed by atoms with Crippen molar-refractivity contribution in [3.05, 3.63) is 69.6 Å². The largest absolute Gasteiger partial charge is 0.328 e. The summed E-state index contributed by atoms with van der Waals surface area (Å²) in [7, 11) is 0. The summed E-state index contributed by atoms with van der Waals surface area (Å²) in [6.07, 6.45) is 1.56. The average molecular weight is 212 g/mol. The molecule has 1 aromatic carbocycles. The van der Waals surface area contributed by atoms with E-state index in [9.17, 15) is 4.79 Å². The summed E-state index contributed by atoms with van der Waals surface area (Å²) in [5.41, 5.74) is 2.98. The zero-order valence-electron chi connectivity index (χ0n) is 8.95. The molecule has 0 radical (unpaired) electrons. The van der Waals surface area contributed by atoms with Crippen LogP contribution in [0.4, 0.5) is 0 Å². The lowest BCUT2D eigenvalue weighted by Gasteiger charge is -2.04. The van der Waals surface area contributed by atoms with E-state index < -0.39 is 0 Å². The molecule has 0 spiro atoms. The van der Waals surface area contributed by atoms with Crippen LogP contribution >= 0.6 is 0 Å². The maximum atomic E-state index is 10.9. The summed E-state index contributed by atoms with van der Waals surface area (Å²) in [6.45, 7) is 2.01. The number of pyridine rings is 1. The molecule has 80 valence electrons. The molecule has 0 fully saturated rings. The molecule has 2 N–H and O–H groups in total. The Morgan fingerprint density at radius 3 is 2.25 bits per heavy atom. The Morgan fingerprint density at radius 2 is 1.69 bits per heavy atom. The van der Waals surface area contributed by atoms with Gasteiger partial charge < -0.3 is 4.98 Å². The van der Waals surface area contributed by atoms with Crippen LogP contribution in [0.25, 0.3) is 0 Å². The van der Waals surface area contributed by atoms with Crippen molar-refractivity contribution in [1.29, 1.82) is 5.41 Å². The van der Waals surface area contributed by atoms with E-state index in [1.165, 1.54) is 6.07 Å². The number of rotatable bonds is 2. The lowest BCUT2D eigenvalue weighted by molar-refractivity contribution is 1.22. The van der Waals surface area contributed by atoms with E-state index in [-0.39, 0.29) is 5.56 Å². The van der Waals surface area contributed by atoms with E-state index in [1.807, 2.05) is 31.2 Å². The summed E-state index contributed by atoms with van der Waals surface area (Å²) >= 11 is 0. The molecule has 3 heteroatoms. The van der Waals surface area contributed by atoms with Gasteiger partial charge in [-0.15, -0.1) is 0 Å². The molecule has 2 rings (SSSR count). The minimum Gasteiger partial charge on any atom is -0.328 e. The van der Waals surface area contributed by atoms with Crippen LogP contribution in [0.15, 0.2) is 47.4 Å². The molecule has 1 heterocycles. The summed E-state index contributed by atoms with van der Waals surface area (Å²) in [5, 5.41) is 7.99. The van der Waals surface area contributed by atoms with Gasteiger partial charge in [-0.3, -0.25) is 10.2 Å². The van der Waals surface area contributed by atoms with Gasteiger partial charge in [-0.25, -0.2) is 0 Å². The Kier molecular flexibility index (Phi) is 2.68. The third kappa shape index (κ3) is 2.08. The summed E-state index contributed by atoms with van der Waals surface area (Å²) in [6, 6.07) is 10.8. The fourth-order valence-corrected chi connectivity index (χ4v) is 1.45. The van der Waals surface area contributed by atoms with Gasteiger partial charge in [-0.2, -0.15) is 0 Å². The second-order valence-corrected chi connectivity index (χ2v) is 3.68. The molecular weight excluding hydrogens is 200 g/mol. The molecule has 0 aliphatic rings. The second-order valence-electron chi connectivity index (χ2n) is 3.68. The van der Waals surface area contributed by atoms with E-state index in [4.69, 9.17) is 5.41 Å². The van der Waals surface area contributed by atoms with Crippen molar-refractivity contribution in [2.45, 2.75) is 6.92 Å². The Bertz CT molecular complexity index is 547. The standard InChI is InChI=1S/C13H12N2O/c1-9-2-4-10(5-3-9)13(14)11-6-7-12(16)15-8-11/h2-8,14H,1H3,(H,15,16). The lowest BCUT2D eigenvalue weighted by atomic mass is 10.0. The first kappa shape index (κ1) is 10.4. The van der Waals surface area contributed by atoms with E-state index in [0.29, 0.717) is 11.3 Å². The van der Waals surface area contributed by atoms with Crippen molar-refractivity contribution in [3.63, 3.8) is 0 Å². The van der Waals surface area contributed by atoms with Gasteiger partial charge >= 0.3 is 0 Å². The number of benzene rings is 1. The van der Waals surface area contributed by atoms with Gasteiger partial charge in [0, 0.05) is 23.4 Å². The number of hydrogen-bond acceptors (Lipinski definition) is 2. The highest BCUT2D eigenvalue weighted by Gasteiger charge is 2.03. The Balaban J connectivity index is 2.35. The molecule has 0 saturated heterocycles. The Labute approximate surface area is 93.3 Å². The molecule has 0 unspecified atom stereocenters. The van der Waals surface area contributed by atoms with Crippen LogP contribution in [0.3, 0.4) is 0 Å². The molecular formula is C13H12N2O. The monoisotopic (exact) mass is 212 g/mol. The fraction of sp³-hybridized carbons (Fsp3) is 0.0769. The highest BCUT2D eigenvalue weighted by Crippen LogP contribution is 2.08. The third-order valence-corrected chi connectivity index (χ3v) is 2.41. The van der Waals surface area contributed by atoms with Crippen LogP contribution in [0.2, 0.25) is 0 Å². The van der Waals surface area contributed by atoms with E-state index in [1.54, 1.807) is 12.3 Å². The number of aromatic amines is 1. The van der Waals surface area contributed by atoms with Gasteiger partial charge in [0.1, 0.15) is 0 Å². The van der Waals surface area contributed by atoms with E-state index in [0.717, 1.165) is 11.1 Å². The number of nitrogens with one attached hydrogen (secondary N) is 2. The smallest absolute Gasteiger partial charge is 0.247 e. The van der Waals surface area contributed by atoms with Crippen LogP contribution < -0.4 is 5.56 Å². The van der Waals surface area contributed by atoms with Gasteiger partial charge in [-0.05, 0) is 13.0 Å². The van der Waals surface area contributed by atoms with Crippen LogP contribution in [-0.4, -0.2) is 10.7 Å². The van der Waals surface area contributed by atoms with Crippen LogP contribution in [-0.2, 0) is 0 Å². The molecule has 16 heavy (non-hydrogen) atoms. The molecule has 0 aliphatic heterocycles. The summed E-state index contributed by atoms with van der Waals surface area (Å²) in [4.78, 5) is 13.5. The predicted molar refractivity (Wildman–Crippen MR) is 64.2 cm³/mol. The number of hydrogen-bond donors (Lipinski definition) is 2. The topological polar surface area (TPSA) is 56.7 Å². The summed E-state index contributed by atoms with van der Waals surface area (Å²) < 4.78 is 0. The average Bonchev–Trinajstić information content (AvgIpc) is 2.30. The van der Waals surface area contributed by atoms with E-state index >= 15 is 0 Å².